The molecule has 1 heterocycles. The van der Waals surface area contributed by atoms with Crippen molar-refractivity contribution in [2.24, 2.45) is 0 Å². The average molecular weight is 396 g/mol. The minimum Gasteiger partial charge on any atom is -0.419 e. The molecule has 0 aliphatic carbocycles. The predicted octanol–water partition coefficient (Wildman–Crippen LogP) is 2.96. The molecule has 0 bridgehead atoms. The standard InChI is InChI=1S/C20H16N2O7/c1-20(2)28-18(24)15(19(25)29-20)11-21-16-9-8-13(22(26)27)10-14(16)17(23)12-6-4-3-5-7-12/h3-11,21H,1-2H3. The number of anilines is 1. The van der Waals surface area contributed by atoms with Crippen molar-refractivity contribution in [3.8, 4) is 0 Å². The number of ether oxygens (including phenoxy) is 2. The number of ketones is 1. The Kier molecular flexibility index (Phi) is 5.14. The molecule has 3 rings (SSSR count). The van der Waals surface area contributed by atoms with E-state index in [1.165, 1.54) is 26.0 Å². The molecule has 1 fully saturated rings. The van der Waals surface area contributed by atoms with Crippen LogP contribution in [0.15, 0.2) is 60.3 Å². The Balaban J connectivity index is 1.97. The summed E-state index contributed by atoms with van der Waals surface area (Å²) in [5.74, 6) is -3.63. The number of carbonyl (C=O) groups excluding carboxylic acids is 3. The number of rotatable bonds is 5. The highest BCUT2D eigenvalue weighted by Crippen LogP contribution is 2.27. The highest BCUT2D eigenvalue weighted by Gasteiger charge is 2.39. The molecular formula is C20H16N2O7. The van der Waals surface area contributed by atoms with E-state index >= 15 is 0 Å². The summed E-state index contributed by atoms with van der Waals surface area (Å²) in [5.41, 5.74) is -0.189. The van der Waals surface area contributed by atoms with Gasteiger partial charge in [-0.15, -0.1) is 0 Å². The summed E-state index contributed by atoms with van der Waals surface area (Å²) >= 11 is 0. The van der Waals surface area contributed by atoms with Crippen molar-refractivity contribution in [1.82, 2.24) is 0 Å². The zero-order valence-corrected chi connectivity index (χ0v) is 15.5. The summed E-state index contributed by atoms with van der Waals surface area (Å²) in [5, 5.41) is 13.8. The Hall–Kier alpha value is -4.01. The van der Waals surface area contributed by atoms with Gasteiger partial charge in [0.2, 0.25) is 0 Å². The van der Waals surface area contributed by atoms with E-state index in [2.05, 4.69) is 5.32 Å². The summed E-state index contributed by atoms with van der Waals surface area (Å²) < 4.78 is 9.99. The Morgan fingerprint density at radius 3 is 2.28 bits per heavy atom. The van der Waals surface area contributed by atoms with Crippen LogP contribution in [0.4, 0.5) is 11.4 Å². The number of benzene rings is 2. The van der Waals surface area contributed by atoms with Gasteiger partial charge in [-0.2, -0.15) is 0 Å². The minimum absolute atomic E-state index is 0.000115. The number of non-ortho nitro benzene ring substituents is 1. The second-order valence-electron chi connectivity index (χ2n) is 6.56. The molecule has 0 spiro atoms. The second kappa shape index (κ2) is 7.55. The third kappa shape index (κ3) is 4.29. The molecule has 29 heavy (non-hydrogen) atoms. The fourth-order valence-electron chi connectivity index (χ4n) is 2.63. The first-order chi connectivity index (χ1) is 13.7. The molecule has 1 N–H and O–H groups in total. The van der Waals surface area contributed by atoms with Gasteiger partial charge in [0.05, 0.1) is 10.5 Å². The van der Waals surface area contributed by atoms with Crippen molar-refractivity contribution in [3.05, 3.63) is 81.5 Å². The lowest BCUT2D eigenvalue weighted by Crippen LogP contribution is -2.42. The SMILES string of the molecule is CC1(C)OC(=O)C(=CNc2ccc([N+](=O)[O-])cc2C(=O)c2ccccc2)C(=O)O1. The molecule has 2 aromatic carbocycles. The molecule has 148 valence electrons. The first-order valence-electron chi connectivity index (χ1n) is 8.49. The highest BCUT2D eigenvalue weighted by molar-refractivity contribution is 6.16. The third-order valence-electron chi connectivity index (χ3n) is 3.98. The lowest BCUT2D eigenvalue weighted by atomic mass is 10.0. The molecule has 0 unspecified atom stereocenters. The Labute approximate surface area is 165 Å². The van der Waals surface area contributed by atoms with Gasteiger partial charge in [-0.25, -0.2) is 9.59 Å². The van der Waals surface area contributed by atoms with Crippen LogP contribution in [-0.2, 0) is 19.1 Å². The van der Waals surface area contributed by atoms with E-state index in [9.17, 15) is 24.5 Å². The quantitative estimate of drug-likeness (QED) is 0.204. The maximum atomic E-state index is 12.8. The van der Waals surface area contributed by atoms with Crippen LogP contribution in [0.5, 0.6) is 0 Å². The van der Waals surface area contributed by atoms with Crippen LogP contribution < -0.4 is 5.32 Å². The number of hydrogen-bond donors (Lipinski definition) is 1. The lowest BCUT2D eigenvalue weighted by molar-refractivity contribution is -0.384. The second-order valence-corrected chi connectivity index (χ2v) is 6.56. The fourth-order valence-corrected chi connectivity index (χ4v) is 2.63. The number of nitro groups is 1. The number of nitro benzene ring substituents is 1. The van der Waals surface area contributed by atoms with Gasteiger partial charge in [0.1, 0.15) is 0 Å². The van der Waals surface area contributed by atoms with Crippen molar-refractivity contribution in [1.29, 1.82) is 0 Å². The Morgan fingerprint density at radius 2 is 1.69 bits per heavy atom. The van der Waals surface area contributed by atoms with Crippen LogP contribution in [-0.4, -0.2) is 28.4 Å². The molecule has 2 aromatic rings. The number of cyclic esters (lactones) is 2. The van der Waals surface area contributed by atoms with Crippen LogP contribution in [0.25, 0.3) is 0 Å². The molecule has 0 atom stereocenters. The normalized spacial score (nSPS) is 15.2. The minimum atomic E-state index is -1.38. The average Bonchev–Trinajstić information content (AvgIpc) is 2.66. The van der Waals surface area contributed by atoms with Crippen molar-refractivity contribution in [2.45, 2.75) is 19.6 Å². The van der Waals surface area contributed by atoms with E-state index in [4.69, 9.17) is 9.47 Å². The molecule has 9 nitrogen and oxygen atoms in total. The molecule has 0 radical (unpaired) electrons. The lowest BCUT2D eigenvalue weighted by Gasteiger charge is -2.29. The molecular weight excluding hydrogens is 380 g/mol. The summed E-state index contributed by atoms with van der Waals surface area (Å²) in [6, 6.07) is 11.8. The monoisotopic (exact) mass is 396 g/mol. The highest BCUT2D eigenvalue weighted by atomic mass is 16.7. The van der Waals surface area contributed by atoms with Crippen molar-refractivity contribution < 1.29 is 28.8 Å². The van der Waals surface area contributed by atoms with E-state index < -0.39 is 34.0 Å². The molecule has 0 aromatic heterocycles. The van der Waals surface area contributed by atoms with Gasteiger partial charge in [-0.3, -0.25) is 14.9 Å². The molecule has 9 heteroatoms. The largest absolute Gasteiger partial charge is 0.419 e. The van der Waals surface area contributed by atoms with E-state index in [0.29, 0.717) is 5.56 Å². The van der Waals surface area contributed by atoms with Gasteiger partial charge in [0.25, 0.3) is 11.5 Å². The number of nitrogens with one attached hydrogen (secondary N) is 1. The maximum absolute atomic E-state index is 12.8. The summed E-state index contributed by atoms with van der Waals surface area (Å²) in [4.78, 5) is 47.4. The van der Waals surface area contributed by atoms with E-state index in [0.717, 1.165) is 12.3 Å². The first-order valence-corrected chi connectivity index (χ1v) is 8.49. The van der Waals surface area contributed by atoms with Crippen molar-refractivity contribution >= 4 is 29.1 Å². The van der Waals surface area contributed by atoms with E-state index in [-0.39, 0.29) is 16.9 Å². The molecule has 1 aliphatic rings. The van der Waals surface area contributed by atoms with Crippen LogP contribution in [0, 0.1) is 10.1 Å². The number of esters is 2. The van der Waals surface area contributed by atoms with Crippen LogP contribution in [0.1, 0.15) is 29.8 Å². The molecule has 0 amide bonds. The third-order valence-corrected chi connectivity index (χ3v) is 3.98. The maximum Gasteiger partial charge on any atom is 0.350 e. The zero-order chi connectivity index (χ0) is 21.2. The van der Waals surface area contributed by atoms with E-state index in [1.54, 1.807) is 30.3 Å². The Bertz CT molecular complexity index is 1020. The van der Waals surface area contributed by atoms with Gasteiger partial charge in [-0.1, -0.05) is 30.3 Å². The van der Waals surface area contributed by atoms with Crippen molar-refractivity contribution in [3.63, 3.8) is 0 Å². The zero-order valence-electron chi connectivity index (χ0n) is 15.5. The van der Waals surface area contributed by atoms with E-state index in [1.807, 2.05) is 0 Å². The van der Waals surface area contributed by atoms with Crippen LogP contribution in [0.3, 0.4) is 0 Å². The predicted molar refractivity (Wildman–Crippen MR) is 101 cm³/mol. The summed E-state index contributed by atoms with van der Waals surface area (Å²) in [7, 11) is 0. The first kappa shape index (κ1) is 19.7. The van der Waals surface area contributed by atoms with Crippen LogP contribution in [0.2, 0.25) is 0 Å². The summed E-state index contributed by atoms with van der Waals surface area (Å²) in [6.07, 6.45) is 1.04. The molecule has 1 aliphatic heterocycles. The van der Waals surface area contributed by atoms with Gasteiger partial charge >= 0.3 is 11.9 Å². The van der Waals surface area contributed by atoms with Gasteiger partial charge in [0.15, 0.2) is 11.4 Å². The van der Waals surface area contributed by atoms with Gasteiger partial charge in [0, 0.05) is 43.4 Å². The van der Waals surface area contributed by atoms with Gasteiger partial charge in [-0.05, 0) is 6.07 Å². The topological polar surface area (TPSA) is 125 Å². The fraction of sp³-hybridized carbons (Fsp3) is 0.150. The van der Waals surface area contributed by atoms with Crippen molar-refractivity contribution in [2.75, 3.05) is 5.32 Å². The van der Waals surface area contributed by atoms with Crippen LogP contribution >= 0.6 is 0 Å². The molecule has 0 saturated carbocycles. The van der Waals surface area contributed by atoms with Gasteiger partial charge < -0.3 is 14.8 Å². The summed E-state index contributed by atoms with van der Waals surface area (Å²) in [6.45, 7) is 2.83. The number of carbonyl (C=O) groups is 3. The smallest absolute Gasteiger partial charge is 0.350 e. The Morgan fingerprint density at radius 1 is 1.07 bits per heavy atom. The number of hydrogen-bond acceptors (Lipinski definition) is 8. The molecule has 1 saturated heterocycles. The number of nitrogens with zero attached hydrogens (tertiary/aromatic N) is 1.